The molecule has 0 bridgehead atoms. The molecule has 0 spiro atoms. The third kappa shape index (κ3) is 3.94. The van der Waals surface area contributed by atoms with Gasteiger partial charge in [0.25, 0.3) is 5.91 Å². The van der Waals surface area contributed by atoms with E-state index in [1.807, 2.05) is 5.32 Å². The van der Waals surface area contributed by atoms with E-state index in [4.69, 9.17) is 5.26 Å². The summed E-state index contributed by atoms with van der Waals surface area (Å²) in [6.45, 7) is 0. The first-order chi connectivity index (χ1) is 8.67. The molecule has 7 heteroatoms. The molecular weight excluding hydrogens is 236 g/mol. The smallest absolute Gasteiger partial charge is 0.326 e. The van der Waals surface area contributed by atoms with Crippen LogP contribution >= 0.6 is 0 Å². The van der Waals surface area contributed by atoms with Crippen LogP contribution in [0.5, 0.6) is 0 Å². The summed E-state index contributed by atoms with van der Waals surface area (Å²) in [4.78, 5) is 27.0. The Balaban J connectivity index is 2.58. The number of amides is 3. The summed E-state index contributed by atoms with van der Waals surface area (Å²) in [5, 5.41) is 16.1. The number of nitriles is 1. The van der Waals surface area contributed by atoms with E-state index in [0.29, 0.717) is 5.69 Å². The lowest BCUT2D eigenvalue weighted by Crippen LogP contribution is -2.38. The number of carbonyl (C=O) groups is 2. The van der Waals surface area contributed by atoms with Crippen molar-refractivity contribution in [1.82, 2.24) is 5.32 Å². The summed E-state index contributed by atoms with van der Waals surface area (Å²) >= 11 is 0. The predicted octanol–water partition coefficient (Wildman–Crippen LogP) is 0.861. The first-order valence-electron chi connectivity index (χ1n) is 4.86. The molecule has 0 saturated heterocycles. The minimum absolute atomic E-state index is 0.519. The number of hydrogen-bond acceptors (Lipinski definition) is 5. The third-order valence-corrected chi connectivity index (χ3v) is 1.76. The van der Waals surface area contributed by atoms with Crippen molar-refractivity contribution in [2.24, 2.45) is 5.16 Å². The Kier molecular flexibility index (Phi) is 4.87. The molecule has 1 aromatic rings. The molecule has 0 aliphatic carbocycles. The molecule has 0 saturated carbocycles. The van der Waals surface area contributed by atoms with Crippen LogP contribution in [0.4, 0.5) is 10.5 Å². The number of imide groups is 1. The lowest BCUT2D eigenvalue weighted by atomic mass is 10.3. The van der Waals surface area contributed by atoms with Gasteiger partial charge in [-0.3, -0.25) is 10.1 Å². The van der Waals surface area contributed by atoms with E-state index in [-0.39, 0.29) is 0 Å². The minimum atomic E-state index is -0.937. The number of carbonyl (C=O) groups excluding carboxylic acids is 2. The molecule has 7 nitrogen and oxygen atoms in total. The lowest BCUT2D eigenvalue weighted by Gasteiger charge is -2.04. The number of anilines is 1. The molecule has 0 aliphatic rings. The zero-order chi connectivity index (χ0) is 13.4. The number of rotatable bonds is 3. The molecule has 0 aromatic heterocycles. The van der Waals surface area contributed by atoms with Crippen LogP contribution in [0.15, 0.2) is 35.5 Å². The quantitative estimate of drug-likeness (QED) is 0.609. The van der Waals surface area contributed by atoms with Gasteiger partial charge >= 0.3 is 6.03 Å². The number of para-hydroxylation sites is 1. The maximum Gasteiger partial charge on any atom is 0.326 e. The Morgan fingerprint density at radius 1 is 1.33 bits per heavy atom. The zero-order valence-corrected chi connectivity index (χ0v) is 9.51. The number of hydrogen-bond donors (Lipinski definition) is 2. The fraction of sp³-hybridized carbons (Fsp3) is 0.0909. The second kappa shape index (κ2) is 6.65. The van der Waals surface area contributed by atoms with Crippen molar-refractivity contribution in [2.45, 2.75) is 0 Å². The van der Waals surface area contributed by atoms with Crippen molar-refractivity contribution >= 4 is 23.3 Å². The van der Waals surface area contributed by atoms with E-state index in [1.165, 1.54) is 13.2 Å². The van der Waals surface area contributed by atoms with Gasteiger partial charge in [0.1, 0.15) is 13.2 Å². The monoisotopic (exact) mass is 246 g/mol. The van der Waals surface area contributed by atoms with Crippen LogP contribution in [0.3, 0.4) is 0 Å². The van der Waals surface area contributed by atoms with Gasteiger partial charge in [-0.1, -0.05) is 23.4 Å². The third-order valence-electron chi connectivity index (χ3n) is 1.76. The maximum absolute atomic E-state index is 11.4. The van der Waals surface area contributed by atoms with Crippen LogP contribution in [0, 0.1) is 11.3 Å². The molecule has 1 aromatic carbocycles. The molecule has 0 unspecified atom stereocenters. The Morgan fingerprint density at radius 3 is 2.56 bits per heavy atom. The van der Waals surface area contributed by atoms with Gasteiger partial charge in [-0.2, -0.15) is 5.26 Å². The highest BCUT2D eigenvalue weighted by Crippen LogP contribution is 2.03. The van der Waals surface area contributed by atoms with E-state index in [1.54, 1.807) is 30.3 Å². The number of oxime groups is 1. The fourth-order valence-electron chi connectivity index (χ4n) is 1.05. The maximum atomic E-state index is 11.4. The van der Waals surface area contributed by atoms with Crippen LogP contribution in [0.25, 0.3) is 0 Å². The van der Waals surface area contributed by atoms with Gasteiger partial charge in [0, 0.05) is 5.69 Å². The van der Waals surface area contributed by atoms with E-state index >= 15 is 0 Å². The van der Waals surface area contributed by atoms with Crippen LogP contribution < -0.4 is 10.6 Å². The second-order valence-corrected chi connectivity index (χ2v) is 3.01. The van der Waals surface area contributed by atoms with Crippen molar-refractivity contribution in [1.29, 1.82) is 5.26 Å². The average molecular weight is 246 g/mol. The Labute approximate surface area is 103 Å². The summed E-state index contributed by atoms with van der Waals surface area (Å²) in [7, 11) is 1.19. The normalized spacial score (nSPS) is 10.1. The molecule has 0 heterocycles. The standard InChI is InChI=1S/C11H10N4O3/c1-18-15-9(7-12)10(16)14-11(17)13-8-5-3-2-4-6-8/h2-6H,1H3,(H2,13,14,16,17)/b15-9-. The van der Waals surface area contributed by atoms with Crippen molar-refractivity contribution in [3.05, 3.63) is 30.3 Å². The van der Waals surface area contributed by atoms with E-state index in [9.17, 15) is 9.59 Å². The Hall–Kier alpha value is -2.88. The van der Waals surface area contributed by atoms with Gasteiger partial charge < -0.3 is 10.2 Å². The van der Waals surface area contributed by atoms with Gasteiger partial charge in [0.15, 0.2) is 0 Å². The lowest BCUT2D eigenvalue weighted by molar-refractivity contribution is -0.113. The van der Waals surface area contributed by atoms with Gasteiger partial charge in [-0.05, 0) is 12.1 Å². The Morgan fingerprint density at radius 2 is 2.00 bits per heavy atom. The second-order valence-electron chi connectivity index (χ2n) is 3.01. The molecule has 0 aliphatic heterocycles. The van der Waals surface area contributed by atoms with E-state index < -0.39 is 17.6 Å². The van der Waals surface area contributed by atoms with Gasteiger partial charge in [0.2, 0.25) is 5.71 Å². The summed E-state index contributed by atoms with van der Waals surface area (Å²) in [6.07, 6.45) is 0. The largest absolute Gasteiger partial charge is 0.398 e. The van der Waals surface area contributed by atoms with E-state index in [2.05, 4.69) is 15.3 Å². The van der Waals surface area contributed by atoms with Crippen LogP contribution in [0.2, 0.25) is 0 Å². The number of nitrogens with one attached hydrogen (secondary N) is 2. The summed E-state index contributed by atoms with van der Waals surface area (Å²) in [5.41, 5.74) is -0.0225. The highest BCUT2D eigenvalue weighted by atomic mass is 16.6. The molecule has 0 atom stereocenters. The molecule has 92 valence electrons. The molecular formula is C11H10N4O3. The molecule has 18 heavy (non-hydrogen) atoms. The molecule has 0 fully saturated rings. The van der Waals surface area contributed by atoms with Crippen LogP contribution in [-0.2, 0) is 9.63 Å². The summed E-state index contributed by atoms with van der Waals surface area (Å²) < 4.78 is 0. The SMILES string of the molecule is CO/N=C(/C#N)C(=O)NC(=O)Nc1ccccc1. The van der Waals surface area contributed by atoms with Gasteiger partial charge in [-0.25, -0.2) is 4.79 Å². The fourth-order valence-corrected chi connectivity index (χ4v) is 1.05. The van der Waals surface area contributed by atoms with Crippen molar-refractivity contribution < 1.29 is 14.4 Å². The predicted molar refractivity (Wildman–Crippen MR) is 63.7 cm³/mol. The van der Waals surface area contributed by atoms with Crippen molar-refractivity contribution in [2.75, 3.05) is 12.4 Å². The van der Waals surface area contributed by atoms with E-state index in [0.717, 1.165) is 0 Å². The molecule has 3 amide bonds. The molecule has 0 radical (unpaired) electrons. The topological polar surface area (TPSA) is 104 Å². The minimum Gasteiger partial charge on any atom is -0.398 e. The summed E-state index contributed by atoms with van der Waals surface area (Å²) in [5.74, 6) is -0.937. The summed E-state index contributed by atoms with van der Waals surface area (Å²) in [6, 6.07) is 9.29. The molecule has 2 N–H and O–H groups in total. The first kappa shape index (κ1) is 13.2. The van der Waals surface area contributed by atoms with Crippen LogP contribution in [0.1, 0.15) is 0 Å². The van der Waals surface area contributed by atoms with Crippen molar-refractivity contribution in [3.8, 4) is 6.07 Å². The number of urea groups is 1. The van der Waals surface area contributed by atoms with Gasteiger partial charge in [-0.15, -0.1) is 0 Å². The van der Waals surface area contributed by atoms with Crippen molar-refractivity contribution in [3.63, 3.8) is 0 Å². The first-order valence-corrected chi connectivity index (χ1v) is 4.86. The highest BCUT2D eigenvalue weighted by molar-refractivity contribution is 6.47. The highest BCUT2D eigenvalue weighted by Gasteiger charge is 2.15. The zero-order valence-electron chi connectivity index (χ0n) is 9.51. The average Bonchev–Trinajstić information content (AvgIpc) is 2.36. The van der Waals surface area contributed by atoms with Crippen LogP contribution in [-0.4, -0.2) is 24.8 Å². The number of nitrogens with zero attached hydrogens (tertiary/aromatic N) is 2. The Bertz CT molecular complexity index is 505. The molecule has 1 rings (SSSR count). The number of benzene rings is 1. The van der Waals surface area contributed by atoms with Gasteiger partial charge in [0.05, 0.1) is 0 Å².